The van der Waals surface area contributed by atoms with E-state index in [1.54, 1.807) is 18.2 Å². The molecular formula is C18H10Cl2FN3O. The Morgan fingerprint density at radius 2 is 1.76 bits per heavy atom. The van der Waals surface area contributed by atoms with Crippen molar-refractivity contribution in [3.05, 3.63) is 70.7 Å². The number of hydrogen-bond acceptors (Lipinski definition) is 4. The van der Waals surface area contributed by atoms with E-state index in [1.165, 1.54) is 18.5 Å². The van der Waals surface area contributed by atoms with E-state index >= 15 is 0 Å². The van der Waals surface area contributed by atoms with Crippen molar-refractivity contribution in [2.24, 2.45) is 0 Å². The standard InChI is InChI=1S/C18H10Cl2FN3O/c19-11-3-1-10(2-4-11)16-8-13-17(22-9-23-18(13)25-16)24-12-5-6-15(21)14(20)7-12/h1-9H,(H,22,23,24). The summed E-state index contributed by atoms with van der Waals surface area (Å²) >= 11 is 11.7. The highest BCUT2D eigenvalue weighted by atomic mass is 35.5. The SMILES string of the molecule is Fc1ccc(Nc2ncnc3oc(-c4ccc(Cl)cc4)cc23)cc1Cl. The van der Waals surface area contributed by atoms with Crippen LogP contribution in [0.2, 0.25) is 10.0 Å². The molecule has 0 spiro atoms. The lowest BCUT2D eigenvalue weighted by molar-refractivity contribution is 0.617. The van der Waals surface area contributed by atoms with E-state index in [9.17, 15) is 4.39 Å². The highest BCUT2D eigenvalue weighted by molar-refractivity contribution is 6.31. The van der Waals surface area contributed by atoms with Gasteiger partial charge in [-0.15, -0.1) is 0 Å². The molecule has 0 unspecified atom stereocenters. The lowest BCUT2D eigenvalue weighted by Crippen LogP contribution is -1.95. The second kappa shape index (κ2) is 6.35. The molecule has 2 heterocycles. The second-order valence-corrected chi connectivity index (χ2v) is 6.16. The van der Waals surface area contributed by atoms with Crippen molar-refractivity contribution in [1.82, 2.24) is 9.97 Å². The molecule has 4 rings (SSSR count). The smallest absolute Gasteiger partial charge is 0.231 e. The predicted molar refractivity (Wildman–Crippen MR) is 96.9 cm³/mol. The number of nitrogens with zero attached hydrogens (tertiary/aromatic N) is 2. The highest BCUT2D eigenvalue weighted by Gasteiger charge is 2.12. The largest absolute Gasteiger partial charge is 0.438 e. The molecule has 2 aromatic heterocycles. The fourth-order valence-corrected chi connectivity index (χ4v) is 2.73. The monoisotopic (exact) mass is 373 g/mol. The Balaban J connectivity index is 1.74. The molecule has 4 aromatic rings. The lowest BCUT2D eigenvalue weighted by Gasteiger charge is -2.06. The van der Waals surface area contributed by atoms with E-state index in [0.29, 0.717) is 33.4 Å². The number of nitrogens with one attached hydrogen (secondary N) is 1. The van der Waals surface area contributed by atoms with Crippen molar-refractivity contribution in [2.45, 2.75) is 0 Å². The summed E-state index contributed by atoms with van der Waals surface area (Å²) in [5.41, 5.74) is 1.93. The Kier molecular flexibility index (Phi) is 4.03. The maximum absolute atomic E-state index is 13.3. The van der Waals surface area contributed by atoms with E-state index in [1.807, 2.05) is 18.2 Å². The number of benzene rings is 2. The fraction of sp³-hybridized carbons (Fsp3) is 0. The van der Waals surface area contributed by atoms with Crippen LogP contribution in [-0.4, -0.2) is 9.97 Å². The van der Waals surface area contributed by atoms with E-state index < -0.39 is 5.82 Å². The van der Waals surface area contributed by atoms with E-state index in [-0.39, 0.29) is 5.02 Å². The Morgan fingerprint density at radius 3 is 2.52 bits per heavy atom. The molecule has 0 aliphatic heterocycles. The van der Waals surface area contributed by atoms with Crippen LogP contribution in [0.3, 0.4) is 0 Å². The van der Waals surface area contributed by atoms with Gasteiger partial charge in [-0.05, 0) is 48.5 Å². The van der Waals surface area contributed by atoms with Gasteiger partial charge < -0.3 is 9.73 Å². The molecule has 1 N–H and O–H groups in total. The number of hydrogen-bond donors (Lipinski definition) is 1. The molecule has 0 radical (unpaired) electrons. The Morgan fingerprint density at radius 1 is 0.960 bits per heavy atom. The number of anilines is 2. The quantitative estimate of drug-likeness (QED) is 0.472. The zero-order valence-electron chi connectivity index (χ0n) is 12.6. The first kappa shape index (κ1) is 15.9. The van der Waals surface area contributed by atoms with Crippen LogP contribution < -0.4 is 5.32 Å². The first-order valence-electron chi connectivity index (χ1n) is 7.33. The topological polar surface area (TPSA) is 51.0 Å². The summed E-state index contributed by atoms with van der Waals surface area (Å²) in [4.78, 5) is 8.38. The molecule has 0 amide bonds. The van der Waals surface area contributed by atoms with Crippen molar-refractivity contribution in [3.63, 3.8) is 0 Å². The van der Waals surface area contributed by atoms with Crippen LogP contribution >= 0.6 is 23.2 Å². The average Bonchev–Trinajstić information content (AvgIpc) is 3.04. The lowest BCUT2D eigenvalue weighted by atomic mass is 10.1. The van der Waals surface area contributed by atoms with Gasteiger partial charge in [0.25, 0.3) is 0 Å². The van der Waals surface area contributed by atoms with Crippen LogP contribution in [0.25, 0.3) is 22.4 Å². The minimum atomic E-state index is -0.478. The zero-order valence-corrected chi connectivity index (χ0v) is 14.1. The van der Waals surface area contributed by atoms with Gasteiger partial charge in [-0.1, -0.05) is 23.2 Å². The molecule has 124 valence electrons. The van der Waals surface area contributed by atoms with Crippen molar-refractivity contribution < 1.29 is 8.81 Å². The van der Waals surface area contributed by atoms with Crippen LogP contribution in [-0.2, 0) is 0 Å². The number of fused-ring (bicyclic) bond motifs is 1. The minimum Gasteiger partial charge on any atom is -0.438 e. The van der Waals surface area contributed by atoms with Gasteiger partial charge in [0.1, 0.15) is 23.7 Å². The third-order valence-corrected chi connectivity index (χ3v) is 4.18. The summed E-state index contributed by atoms with van der Waals surface area (Å²) in [5, 5.41) is 4.49. The van der Waals surface area contributed by atoms with Crippen LogP contribution in [0, 0.1) is 5.82 Å². The van der Waals surface area contributed by atoms with Gasteiger partial charge in [0.15, 0.2) is 0 Å². The van der Waals surface area contributed by atoms with Crippen LogP contribution in [0.1, 0.15) is 0 Å². The molecule has 0 bridgehead atoms. The van der Waals surface area contributed by atoms with E-state index in [4.69, 9.17) is 27.6 Å². The average molecular weight is 374 g/mol. The molecule has 0 saturated carbocycles. The Hall–Kier alpha value is -2.63. The van der Waals surface area contributed by atoms with Crippen LogP contribution in [0.4, 0.5) is 15.9 Å². The van der Waals surface area contributed by atoms with Gasteiger partial charge in [0.05, 0.1) is 10.4 Å². The third-order valence-electron chi connectivity index (χ3n) is 3.64. The summed E-state index contributed by atoms with van der Waals surface area (Å²) < 4.78 is 19.1. The van der Waals surface area contributed by atoms with Gasteiger partial charge in [0, 0.05) is 16.3 Å². The van der Waals surface area contributed by atoms with Crippen LogP contribution in [0.15, 0.2) is 59.3 Å². The van der Waals surface area contributed by atoms with Gasteiger partial charge in [-0.3, -0.25) is 0 Å². The van der Waals surface area contributed by atoms with Gasteiger partial charge in [0.2, 0.25) is 5.71 Å². The van der Waals surface area contributed by atoms with E-state index in [2.05, 4.69) is 15.3 Å². The summed E-state index contributed by atoms with van der Waals surface area (Å²) in [6.45, 7) is 0. The maximum atomic E-state index is 13.3. The molecule has 0 atom stereocenters. The normalized spacial score (nSPS) is 11.0. The number of aromatic nitrogens is 2. The number of furan rings is 1. The van der Waals surface area contributed by atoms with Gasteiger partial charge >= 0.3 is 0 Å². The van der Waals surface area contributed by atoms with Crippen molar-refractivity contribution in [2.75, 3.05) is 5.32 Å². The van der Waals surface area contributed by atoms with Crippen LogP contribution in [0.5, 0.6) is 0 Å². The molecule has 2 aromatic carbocycles. The Labute approximate surface area is 152 Å². The maximum Gasteiger partial charge on any atom is 0.231 e. The predicted octanol–water partition coefficient (Wildman–Crippen LogP) is 6.08. The third kappa shape index (κ3) is 3.16. The van der Waals surface area contributed by atoms with E-state index in [0.717, 1.165) is 5.56 Å². The van der Waals surface area contributed by atoms with Gasteiger partial charge in [-0.2, -0.15) is 0 Å². The van der Waals surface area contributed by atoms with Crippen molar-refractivity contribution >= 4 is 45.8 Å². The van der Waals surface area contributed by atoms with Crippen molar-refractivity contribution in [1.29, 1.82) is 0 Å². The molecule has 7 heteroatoms. The first-order chi connectivity index (χ1) is 12.1. The minimum absolute atomic E-state index is 0.0318. The second-order valence-electron chi connectivity index (χ2n) is 5.31. The zero-order chi connectivity index (χ0) is 17.4. The summed E-state index contributed by atoms with van der Waals surface area (Å²) in [6.07, 6.45) is 1.39. The summed E-state index contributed by atoms with van der Waals surface area (Å²) in [6, 6.07) is 13.5. The molecule has 0 aliphatic carbocycles. The first-order valence-corrected chi connectivity index (χ1v) is 8.08. The van der Waals surface area contributed by atoms with Gasteiger partial charge in [-0.25, -0.2) is 14.4 Å². The summed E-state index contributed by atoms with van der Waals surface area (Å²) in [5.74, 6) is 0.706. The number of rotatable bonds is 3. The molecule has 0 saturated heterocycles. The Bertz CT molecular complexity index is 1060. The van der Waals surface area contributed by atoms with Crippen molar-refractivity contribution in [3.8, 4) is 11.3 Å². The fourth-order valence-electron chi connectivity index (χ4n) is 2.42. The molecular weight excluding hydrogens is 364 g/mol. The molecule has 0 aliphatic rings. The molecule has 0 fully saturated rings. The molecule has 25 heavy (non-hydrogen) atoms. The highest BCUT2D eigenvalue weighted by Crippen LogP contribution is 2.32. The molecule has 4 nitrogen and oxygen atoms in total. The number of halogens is 3. The summed E-state index contributed by atoms with van der Waals surface area (Å²) in [7, 11) is 0.